The summed E-state index contributed by atoms with van der Waals surface area (Å²) >= 11 is 0. The van der Waals surface area contributed by atoms with E-state index in [1.165, 1.54) is 12.1 Å². The van der Waals surface area contributed by atoms with Crippen molar-refractivity contribution in [2.75, 3.05) is 19.3 Å². The molecular formula is C18H25FN2O3S. The number of benzene rings is 1. The van der Waals surface area contributed by atoms with Gasteiger partial charge in [0.05, 0.1) is 11.7 Å². The molecule has 2 aliphatic rings. The Bertz CT molecular complexity index is 727. The van der Waals surface area contributed by atoms with Crippen LogP contribution in [0.5, 0.6) is 0 Å². The molecule has 1 N–H and O–H groups in total. The number of hydrogen-bond donors (Lipinski definition) is 1. The Hall–Kier alpha value is -1.47. The van der Waals surface area contributed by atoms with Gasteiger partial charge in [0.25, 0.3) is 0 Å². The van der Waals surface area contributed by atoms with Crippen LogP contribution in [0.4, 0.5) is 4.39 Å². The maximum atomic E-state index is 13.4. The second kappa shape index (κ2) is 7.03. The van der Waals surface area contributed by atoms with Gasteiger partial charge in [-0.05, 0) is 43.4 Å². The lowest BCUT2D eigenvalue weighted by molar-refractivity contribution is -0.138. The summed E-state index contributed by atoms with van der Waals surface area (Å²) in [4.78, 5) is 15.2. The summed E-state index contributed by atoms with van der Waals surface area (Å²) in [6, 6.07) is 6.02. The van der Waals surface area contributed by atoms with E-state index >= 15 is 0 Å². The van der Waals surface area contributed by atoms with Gasteiger partial charge in [-0.1, -0.05) is 25.0 Å². The fourth-order valence-corrected chi connectivity index (χ4v) is 5.03. The highest BCUT2D eigenvalue weighted by Gasteiger charge is 2.45. The average molecular weight is 368 g/mol. The monoisotopic (exact) mass is 368 g/mol. The van der Waals surface area contributed by atoms with Crippen molar-refractivity contribution in [1.29, 1.82) is 0 Å². The van der Waals surface area contributed by atoms with Gasteiger partial charge in [0.15, 0.2) is 0 Å². The van der Waals surface area contributed by atoms with E-state index in [2.05, 4.69) is 4.72 Å². The van der Waals surface area contributed by atoms with Crippen LogP contribution in [0.1, 0.15) is 44.1 Å². The minimum atomic E-state index is -3.29. The Balaban J connectivity index is 1.82. The molecule has 1 amide bonds. The smallest absolute Gasteiger partial charge is 0.233 e. The molecule has 25 heavy (non-hydrogen) atoms. The van der Waals surface area contributed by atoms with E-state index in [9.17, 15) is 17.6 Å². The molecular weight excluding hydrogens is 343 g/mol. The van der Waals surface area contributed by atoms with Crippen molar-refractivity contribution in [3.63, 3.8) is 0 Å². The Kier molecular flexibility index (Phi) is 5.16. The maximum absolute atomic E-state index is 13.4. The van der Waals surface area contributed by atoms with Gasteiger partial charge >= 0.3 is 0 Å². The zero-order valence-electron chi connectivity index (χ0n) is 14.5. The van der Waals surface area contributed by atoms with Crippen LogP contribution >= 0.6 is 0 Å². The van der Waals surface area contributed by atoms with E-state index in [1.807, 2.05) is 0 Å². The largest absolute Gasteiger partial charge is 0.340 e. The van der Waals surface area contributed by atoms with Gasteiger partial charge in [0.2, 0.25) is 15.9 Å². The van der Waals surface area contributed by atoms with Crippen LogP contribution in [0, 0.1) is 5.82 Å². The van der Waals surface area contributed by atoms with E-state index in [0.717, 1.165) is 50.3 Å². The number of likely N-dealkylation sites (tertiary alicyclic amines) is 1. The summed E-state index contributed by atoms with van der Waals surface area (Å²) in [6.45, 7) is 1.04. The molecule has 0 spiro atoms. The lowest BCUT2D eigenvalue weighted by atomic mass is 9.77. The highest BCUT2D eigenvalue weighted by Crippen LogP contribution is 2.43. The first-order valence-electron chi connectivity index (χ1n) is 8.83. The number of nitrogens with one attached hydrogen (secondary N) is 1. The zero-order chi connectivity index (χ0) is 18.1. The molecule has 5 nitrogen and oxygen atoms in total. The molecule has 1 saturated heterocycles. The summed E-state index contributed by atoms with van der Waals surface area (Å²) < 4.78 is 38.9. The molecule has 0 unspecified atom stereocenters. The number of nitrogens with zero attached hydrogens (tertiary/aromatic N) is 1. The van der Waals surface area contributed by atoms with Crippen LogP contribution in [0.15, 0.2) is 24.3 Å². The van der Waals surface area contributed by atoms with Gasteiger partial charge in [-0.15, -0.1) is 0 Å². The van der Waals surface area contributed by atoms with Crippen molar-refractivity contribution in [3.05, 3.63) is 35.6 Å². The SMILES string of the molecule is CS(=O)(=O)N[C@@H]1CCCN(C(=O)C2(c3ccc(F)cc3)CCCC2)C1. The summed E-state index contributed by atoms with van der Waals surface area (Å²) in [5.41, 5.74) is 0.273. The predicted octanol–water partition coefficient (Wildman–Crippen LogP) is 2.18. The number of rotatable bonds is 4. The van der Waals surface area contributed by atoms with Crippen LogP contribution in [0.3, 0.4) is 0 Å². The third kappa shape index (κ3) is 4.03. The molecule has 1 aliphatic heterocycles. The van der Waals surface area contributed by atoms with Crippen LogP contribution < -0.4 is 4.72 Å². The minimum absolute atomic E-state index is 0.0524. The quantitative estimate of drug-likeness (QED) is 0.886. The molecule has 2 fully saturated rings. The van der Waals surface area contributed by atoms with Crippen molar-refractivity contribution in [3.8, 4) is 0 Å². The Labute approximate surface area is 148 Å². The van der Waals surface area contributed by atoms with E-state index in [4.69, 9.17) is 0 Å². The minimum Gasteiger partial charge on any atom is -0.340 e. The van der Waals surface area contributed by atoms with Crippen molar-refractivity contribution < 1.29 is 17.6 Å². The molecule has 1 saturated carbocycles. The van der Waals surface area contributed by atoms with Gasteiger partial charge < -0.3 is 4.90 Å². The van der Waals surface area contributed by atoms with Crippen LogP contribution in [0.2, 0.25) is 0 Å². The predicted molar refractivity (Wildman–Crippen MR) is 94.1 cm³/mol. The summed E-state index contributed by atoms with van der Waals surface area (Å²) in [5.74, 6) is -0.253. The lowest BCUT2D eigenvalue weighted by Gasteiger charge is -2.39. The van der Waals surface area contributed by atoms with E-state index in [0.29, 0.717) is 13.1 Å². The summed E-state index contributed by atoms with van der Waals surface area (Å²) in [6.07, 6.45) is 6.13. The second-order valence-electron chi connectivity index (χ2n) is 7.28. The number of carbonyl (C=O) groups excluding carboxylic acids is 1. The molecule has 1 heterocycles. The summed E-state index contributed by atoms with van der Waals surface area (Å²) in [5, 5.41) is 0. The maximum Gasteiger partial charge on any atom is 0.233 e. The molecule has 7 heteroatoms. The van der Waals surface area contributed by atoms with Gasteiger partial charge in [0, 0.05) is 19.1 Å². The highest BCUT2D eigenvalue weighted by atomic mass is 32.2. The third-order valence-electron chi connectivity index (χ3n) is 5.35. The normalized spacial score (nSPS) is 23.6. The standard InChI is InChI=1S/C18H25FN2O3S/c1-25(23,24)20-16-5-4-12-21(13-16)17(22)18(10-2-3-11-18)14-6-8-15(19)9-7-14/h6-9,16,20H,2-5,10-13H2,1H3/t16-/m1/s1. The number of piperidine rings is 1. The molecule has 0 aromatic heterocycles. The van der Waals surface area contributed by atoms with Crippen molar-refractivity contribution in [1.82, 2.24) is 9.62 Å². The average Bonchev–Trinajstić information content (AvgIpc) is 3.04. The fourth-order valence-electron chi connectivity index (χ4n) is 4.24. The molecule has 1 atom stereocenters. The zero-order valence-corrected chi connectivity index (χ0v) is 15.3. The molecule has 1 aliphatic carbocycles. The topological polar surface area (TPSA) is 66.5 Å². The Morgan fingerprint density at radius 3 is 2.44 bits per heavy atom. The van der Waals surface area contributed by atoms with Crippen LogP contribution in [-0.2, 0) is 20.2 Å². The molecule has 0 bridgehead atoms. The molecule has 0 radical (unpaired) electrons. The van der Waals surface area contributed by atoms with Crippen molar-refractivity contribution in [2.45, 2.75) is 50.0 Å². The number of amides is 1. The lowest BCUT2D eigenvalue weighted by Crippen LogP contribution is -2.54. The van der Waals surface area contributed by atoms with Crippen LogP contribution in [0.25, 0.3) is 0 Å². The molecule has 138 valence electrons. The molecule has 1 aromatic carbocycles. The molecule has 1 aromatic rings. The first-order valence-corrected chi connectivity index (χ1v) is 10.7. The number of halogens is 1. The Morgan fingerprint density at radius 1 is 1.20 bits per heavy atom. The highest BCUT2D eigenvalue weighted by molar-refractivity contribution is 7.88. The van der Waals surface area contributed by atoms with Gasteiger partial charge in [-0.2, -0.15) is 0 Å². The van der Waals surface area contributed by atoms with E-state index in [-0.39, 0.29) is 17.8 Å². The van der Waals surface area contributed by atoms with Crippen LogP contribution in [-0.4, -0.2) is 44.6 Å². The summed E-state index contributed by atoms with van der Waals surface area (Å²) in [7, 11) is -3.29. The van der Waals surface area contributed by atoms with E-state index < -0.39 is 15.4 Å². The number of sulfonamides is 1. The van der Waals surface area contributed by atoms with Gasteiger partial charge in [-0.25, -0.2) is 17.5 Å². The van der Waals surface area contributed by atoms with Gasteiger partial charge in [0.1, 0.15) is 5.82 Å². The van der Waals surface area contributed by atoms with Crippen molar-refractivity contribution >= 4 is 15.9 Å². The third-order valence-corrected chi connectivity index (χ3v) is 6.11. The van der Waals surface area contributed by atoms with Gasteiger partial charge in [-0.3, -0.25) is 4.79 Å². The number of carbonyl (C=O) groups is 1. The van der Waals surface area contributed by atoms with Crippen molar-refractivity contribution in [2.24, 2.45) is 0 Å². The number of hydrogen-bond acceptors (Lipinski definition) is 3. The molecule has 3 rings (SSSR count). The first-order chi connectivity index (χ1) is 11.8. The second-order valence-corrected chi connectivity index (χ2v) is 9.06. The van der Waals surface area contributed by atoms with E-state index in [1.54, 1.807) is 17.0 Å². The Morgan fingerprint density at radius 2 is 1.84 bits per heavy atom. The first kappa shape index (κ1) is 18.3. The fraction of sp³-hybridized carbons (Fsp3) is 0.611.